The number of para-hydroxylation sites is 1. The summed E-state index contributed by atoms with van der Waals surface area (Å²) in [6, 6.07) is 21.3. The van der Waals surface area contributed by atoms with Crippen LogP contribution in [0, 0.1) is 0 Å². The van der Waals surface area contributed by atoms with E-state index in [1.54, 1.807) is 6.07 Å². The van der Waals surface area contributed by atoms with Crippen LogP contribution in [0.1, 0.15) is 16.7 Å². The Bertz CT molecular complexity index is 883. The van der Waals surface area contributed by atoms with E-state index in [-0.39, 0.29) is 0 Å². The fourth-order valence-electron chi connectivity index (χ4n) is 2.55. The van der Waals surface area contributed by atoms with Gasteiger partial charge in [0.2, 0.25) is 0 Å². The maximum Gasteiger partial charge on any atom is 0.124 e. The van der Waals surface area contributed by atoms with Crippen molar-refractivity contribution in [2.24, 2.45) is 0 Å². The molecule has 0 spiro atoms. The third-order valence-electron chi connectivity index (χ3n) is 3.94. The second-order valence-electron chi connectivity index (χ2n) is 5.84. The summed E-state index contributed by atoms with van der Waals surface area (Å²) >= 11 is 18.2. The molecule has 0 aliphatic rings. The first-order valence-corrected chi connectivity index (χ1v) is 9.35. The van der Waals surface area contributed by atoms with Crippen molar-refractivity contribution in [2.45, 2.75) is 19.7 Å². The Morgan fingerprint density at radius 3 is 2.15 bits per heavy atom. The van der Waals surface area contributed by atoms with Gasteiger partial charge in [-0.25, -0.2) is 0 Å². The SMILES string of the molecule is Clc1ccc(COc2ccccc2CNCc2ccccc2Cl)cc1Cl. The summed E-state index contributed by atoms with van der Waals surface area (Å²) in [4.78, 5) is 0. The van der Waals surface area contributed by atoms with Gasteiger partial charge in [0.25, 0.3) is 0 Å². The molecule has 0 bridgehead atoms. The van der Waals surface area contributed by atoms with Gasteiger partial charge in [-0.3, -0.25) is 0 Å². The van der Waals surface area contributed by atoms with Crippen molar-refractivity contribution in [3.05, 3.63) is 98.5 Å². The van der Waals surface area contributed by atoms with Gasteiger partial charge in [0.15, 0.2) is 0 Å². The van der Waals surface area contributed by atoms with E-state index in [1.807, 2.05) is 60.7 Å². The molecule has 0 heterocycles. The zero-order valence-corrected chi connectivity index (χ0v) is 16.3. The van der Waals surface area contributed by atoms with Gasteiger partial charge in [0.05, 0.1) is 10.0 Å². The lowest BCUT2D eigenvalue weighted by Gasteiger charge is -2.13. The van der Waals surface area contributed by atoms with Crippen molar-refractivity contribution >= 4 is 34.8 Å². The minimum atomic E-state index is 0.429. The molecule has 0 saturated carbocycles. The summed E-state index contributed by atoms with van der Waals surface area (Å²) in [5.41, 5.74) is 3.13. The Morgan fingerprint density at radius 2 is 1.38 bits per heavy atom. The standard InChI is InChI=1S/C21H18Cl3NO/c22-18-7-3-1-5-16(18)12-25-13-17-6-2-4-8-21(17)26-14-15-9-10-19(23)20(24)11-15/h1-11,25H,12-14H2. The largest absolute Gasteiger partial charge is 0.489 e. The van der Waals surface area contributed by atoms with E-state index in [2.05, 4.69) is 5.32 Å². The van der Waals surface area contributed by atoms with Crippen LogP contribution in [-0.4, -0.2) is 0 Å². The number of hydrogen-bond acceptors (Lipinski definition) is 2. The molecule has 0 saturated heterocycles. The Labute approximate surface area is 168 Å². The number of rotatable bonds is 7. The predicted molar refractivity (Wildman–Crippen MR) is 109 cm³/mol. The van der Waals surface area contributed by atoms with Crippen LogP contribution in [0.5, 0.6) is 5.75 Å². The molecule has 0 radical (unpaired) electrons. The highest BCUT2D eigenvalue weighted by molar-refractivity contribution is 6.42. The first kappa shape index (κ1) is 19.1. The Hall–Kier alpha value is -1.71. The Morgan fingerprint density at radius 1 is 0.692 bits per heavy atom. The van der Waals surface area contributed by atoms with Crippen molar-refractivity contribution in [1.82, 2.24) is 5.32 Å². The molecule has 0 unspecified atom stereocenters. The summed E-state index contributed by atoms with van der Waals surface area (Å²) in [6.07, 6.45) is 0. The van der Waals surface area contributed by atoms with Crippen molar-refractivity contribution < 1.29 is 4.74 Å². The van der Waals surface area contributed by atoms with Crippen LogP contribution < -0.4 is 10.1 Å². The van der Waals surface area contributed by atoms with Gasteiger partial charge in [0, 0.05) is 23.7 Å². The minimum Gasteiger partial charge on any atom is -0.489 e. The maximum absolute atomic E-state index is 6.19. The second kappa shape index (κ2) is 9.29. The number of ether oxygens (including phenoxy) is 1. The average molecular weight is 407 g/mol. The Kier molecular flexibility index (Phi) is 6.81. The lowest BCUT2D eigenvalue weighted by Crippen LogP contribution is -2.14. The molecule has 26 heavy (non-hydrogen) atoms. The molecular formula is C21H18Cl3NO. The van der Waals surface area contributed by atoms with Gasteiger partial charge in [-0.15, -0.1) is 0 Å². The summed E-state index contributed by atoms with van der Waals surface area (Å²) in [5, 5.41) is 5.25. The van der Waals surface area contributed by atoms with E-state index >= 15 is 0 Å². The van der Waals surface area contributed by atoms with Gasteiger partial charge < -0.3 is 10.1 Å². The highest BCUT2D eigenvalue weighted by Crippen LogP contribution is 2.24. The van der Waals surface area contributed by atoms with Gasteiger partial charge >= 0.3 is 0 Å². The monoisotopic (exact) mass is 405 g/mol. The highest BCUT2D eigenvalue weighted by atomic mass is 35.5. The van der Waals surface area contributed by atoms with Crippen molar-refractivity contribution in [3.63, 3.8) is 0 Å². The van der Waals surface area contributed by atoms with Crippen LogP contribution in [-0.2, 0) is 19.7 Å². The van der Waals surface area contributed by atoms with Crippen LogP contribution in [0.3, 0.4) is 0 Å². The van der Waals surface area contributed by atoms with Crippen LogP contribution in [0.15, 0.2) is 66.7 Å². The van der Waals surface area contributed by atoms with Gasteiger partial charge in [-0.2, -0.15) is 0 Å². The van der Waals surface area contributed by atoms with E-state index in [0.717, 1.165) is 27.5 Å². The molecule has 3 aromatic rings. The van der Waals surface area contributed by atoms with Crippen molar-refractivity contribution in [3.8, 4) is 5.75 Å². The molecule has 0 aliphatic carbocycles. The molecule has 0 atom stereocenters. The normalized spacial score (nSPS) is 10.7. The van der Waals surface area contributed by atoms with Crippen LogP contribution in [0.2, 0.25) is 15.1 Å². The molecule has 3 rings (SSSR count). The van der Waals surface area contributed by atoms with Crippen LogP contribution in [0.25, 0.3) is 0 Å². The topological polar surface area (TPSA) is 21.3 Å². The van der Waals surface area contributed by atoms with E-state index in [9.17, 15) is 0 Å². The highest BCUT2D eigenvalue weighted by Gasteiger charge is 2.06. The smallest absolute Gasteiger partial charge is 0.124 e. The molecule has 0 amide bonds. The number of hydrogen-bond donors (Lipinski definition) is 1. The number of benzene rings is 3. The van der Waals surface area contributed by atoms with E-state index < -0.39 is 0 Å². The zero-order chi connectivity index (χ0) is 18.4. The van der Waals surface area contributed by atoms with E-state index in [0.29, 0.717) is 29.7 Å². The van der Waals surface area contributed by atoms with Gasteiger partial charge in [-0.1, -0.05) is 77.3 Å². The first-order valence-electron chi connectivity index (χ1n) is 8.22. The number of halogens is 3. The van der Waals surface area contributed by atoms with Gasteiger partial charge in [-0.05, 0) is 35.4 Å². The molecule has 2 nitrogen and oxygen atoms in total. The van der Waals surface area contributed by atoms with Crippen molar-refractivity contribution in [1.29, 1.82) is 0 Å². The Balaban J connectivity index is 1.60. The van der Waals surface area contributed by atoms with E-state index in [1.165, 1.54) is 0 Å². The summed E-state index contributed by atoms with van der Waals surface area (Å²) in [6.45, 7) is 1.81. The molecule has 0 aromatic heterocycles. The predicted octanol–water partition coefficient (Wildman–Crippen LogP) is 6.52. The summed E-state index contributed by atoms with van der Waals surface area (Å²) in [7, 11) is 0. The number of nitrogens with one attached hydrogen (secondary N) is 1. The van der Waals surface area contributed by atoms with Gasteiger partial charge in [0.1, 0.15) is 12.4 Å². The molecule has 0 fully saturated rings. The molecule has 1 N–H and O–H groups in total. The summed E-state index contributed by atoms with van der Waals surface area (Å²) in [5.74, 6) is 0.838. The van der Waals surface area contributed by atoms with E-state index in [4.69, 9.17) is 39.5 Å². The fourth-order valence-corrected chi connectivity index (χ4v) is 3.08. The van der Waals surface area contributed by atoms with Crippen LogP contribution in [0.4, 0.5) is 0 Å². The molecule has 3 aromatic carbocycles. The lowest BCUT2D eigenvalue weighted by molar-refractivity contribution is 0.302. The molecule has 5 heteroatoms. The van der Waals surface area contributed by atoms with Crippen LogP contribution >= 0.6 is 34.8 Å². The molecule has 134 valence electrons. The zero-order valence-electron chi connectivity index (χ0n) is 14.0. The quantitative estimate of drug-likeness (QED) is 0.482. The third kappa shape index (κ3) is 5.15. The lowest BCUT2D eigenvalue weighted by atomic mass is 10.1. The maximum atomic E-state index is 6.19. The average Bonchev–Trinajstić information content (AvgIpc) is 2.65. The molecule has 0 aliphatic heterocycles. The second-order valence-corrected chi connectivity index (χ2v) is 7.06. The molecular weight excluding hydrogens is 389 g/mol. The first-order chi connectivity index (χ1) is 12.6. The fraction of sp³-hybridized carbons (Fsp3) is 0.143. The minimum absolute atomic E-state index is 0.429. The third-order valence-corrected chi connectivity index (χ3v) is 5.05. The summed E-state index contributed by atoms with van der Waals surface area (Å²) < 4.78 is 5.98. The van der Waals surface area contributed by atoms with Crippen molar-refractivity contribution in [2.75, 3.05) is 0 Å².